The Bertz CT molecular complexity index is 93.6. The van der Waals surface area contributed by atoms with Crippen molar-refractivity contribution in [2.24, 2.45) is 5.73 Å². The van der Waals surface area contributed by atoms with Crippen LogP contribution in [0.5, 0.6) is 0 Å². The van der Waals surface area contributed by atoms with E-state index in [0.29, 0.717) is 0 Å². The lowest BCUT2D eigenvalue weighted by atomic mass is 10.1. The number of allylic oxidation sites excluding steroid dienone is 1. The molecular weight excluding hydrogens is 138 g/mol. The third-order valence-electron chi connectivity index (χ3n) is 1.72. The van der Waals surface area contributed by atoms with Gasteiger partial charge in [-0.2, -0.15) is 0 Å². The van der Waals surface area contributed by atoms with Gasteiger partial charge in [0.1, 0.15) is 0 Å². The molecule has 0 aromatic carbocycles. The van der Waals surface area contributed by atoms with Gasteiger partial charge in [0.05, 0.1) is 6.61 Å². The quantitative estimate of drug-likeness (QED) is 0.434. The van der Waals surface area contributed by atoms with E-state index in [1.165, 1.54) is 12.8 Å². The largest absolute Gasteiger partial charge is 0.395 e. The molecule has 0 aromatic heterocycles. The first kappa shape index (κ1) is 10.7. The third kappa shape index (κ3) is 7.56. The number of aliphatic hydroxyl groups is 1. The molecule has 0 aliphatic heterocycles. The number of rotatable bonds is 7. The molecule has 1 atom stereocenters. The lowest BCUT2D eigenvalue weighted by Crippen LogP contribution is -2.23. The summed E-state index contributed by atoms with van der Waals surface area (Å²) in [4.78, 5) is 0. The zero-order chi connectivity index (χ0) is 8.53. The second kappa shape index (κ2) is 7.76. The highest BCUT2D eigenvalue weighted by Gasteiger charge is 1.98. The molecule has 2 nitrogen and oxygen atoms in total. The van der Waals surface area contributed by atoms with Gasteiger partial charge in [0, 0.05) is 6.04 Å². The van der Waals surface area contributed by atoms with Gasteiger partial charge in [0.25, 0.3) is 0 Å². The summed E-state index contributed by atoms with van der Waals surface area (Å²) in [5.41, 5.74) is 5.52. The van der Waals surface area contributed by atoms with Crippen molar-refractivity contribution in [3.05, 3.63) is 12.7 Å². The summed E-state index contributed by atoms with van der Waals surface area (Å²) in [5, 5.41) is 8.60. The Balaban J connectivity index is 2.95. The van der Waals surface area contributed by atoms with Gasteiger partial charge in [-0.1, -0.05) is 18.9 Å². The minimum absolute atomic E-state index is 0.0151. The molecule has 0 bridgehead atoms. The van der Waals surface area contributed by atoms with Gasteiger partial charge in [-0.3, -0.25) is 0 Å². The van der Waals surface area contributed by atoms with E-state index in [-0.39, 0.29) is 12.6 Å². The highest BCUT2D eigenvalue weighted by Crippen LogP contribution is 2.04. The number of hydrogen-bond acceptors (Lipinski definition) is 2. The predicted octanol–water partition coefficient (Wildman–Crippen LogP) is 1.44. The fourth-order valence-electron chi connectivity index (χ4n) is 0.963. The fourth-order valence-corrected chi connectivity index (χ4v) is 0.963. The molecule has 0 rings (SSSR count). The Kier molecular flexibility index (Phi) is 7.52. The second-order valence-corrected chi connectivity index (χ2v) is 2.87. The van der Waals surface area contributed by atoms with Crippen LogP contribution >= 0.6 is 0 Å². The Morgan fingerprint density at radius 2 is 2.09 bits per heavy atom. The van der Waals surface area contributed by atoms with Crippen molar-refractivity contribution in [1.82, 2.24) is 0 Å². The molecule has 0 radical (unpaired) electrons. The molecule has 66 valence electrons. The van der Waals surface area contributed by atoms with E-state index in [0.717, 1.165) is 19.3 Å². The van der Waals surface area contributed by atoms with Crippen molar-refractivity contribution in [2.75, 3.05) is 6.61 Å². The lowest BCUT2D eigenvalue weighted by molar-refractivity contribution is 0.257. The summed E-state index contributed by atoms with van der Waals surface area (Å²) in [5.74, 6) is 0. The van der Waals surface area contributed by atoms with Crippen molar-refractivity contribution >= 4 is 0 Å². The van der Waals surface area contributed by atoms with Crippen LogP contribution in [0.4, 0.5) is 0 Å². The van der Waals surface area contributed by atoms with Crippen LogP contribution in [0.2, 0.25) is 0 Å². The maximum Gasteiger partial charge on any atom is 0.0582 e. The van der Waals surface area contributed by atoms with Gasteiger partial charge in [0.2, 0.25) is 0 Å². The summed E-state index contributed by atoms with van der Waals surface area (Å²) in [7, 11) is 0. The topological polar surface area (TPSA) is 46.2 Å². The van der Waals surface area contributed by atoms with Crippen LogP contribution in [0.25, 0.3) is 0 Å². The van der Waals surface area contributed by atoms with Crippen LogP contribution in [-0.2, 0) is 0 Å². The zero-order valence-electron chi connectivity index (χ0n) is 7.13. The predicted molar refractivity (Wildman–Crippen MR) is 48.3 cm³/mol. The normalized spacial score (nSPS) is 12.9. The van der Waals surface area contributed by atoms with E-state index in [1.54, 1.807) is 0 Å². The van der Waals surface area contributed by atoms with Gasteiger partial charge >= 0.3 is 0 Å². The van der Waals surface area contributed by atoms with Crippen LogP contribution in [-0.4, -0.2) is 17.8 Å². The zero-order valence-corrected chi connectivity index (χ0v) is 7.13. The van der Waals surface area contributed by atoms with Gasteiger partial charge in [-0.25, -0.2) is 0 Å². The highest BCUT2D eigenvalue weighted by molar-refractivity contribution is 4.66. The molecular formula is C9H19NO. The molecule has 2 heteroatoms. The summed E-state index contributed by atoms with van der Waals surface area (Å²) >= 11 is 0. The van der Waals surface area contributed by atoms with E-state index in [4.69, 9.17) is 10.8 Å². The van der Waals surface area contributed by atoms with Crippen LogP contribution in [0, 0.1) is 0 Å². The Morgan fingerprint density at radius 3 is 2.64 bits per heavy atom. The first-order valence-electron chi connectivity index (χ1n) is 4.28. The van der Waals surface area contributed by atoms with Gasteiger partial charge < -0.3 is 10.8 Å². The number of unbranched alkanes of at least 4 members (excludes halogenated alkanes) is 3. The molecule has 11 heavy (non-hydrogen) atoms. The molecule has 3 N–H and O–H groups in total. The molecule has 0 aliphatic rings. The third-order valence-corrected chi connectivity index (χ3v) is 1.72. The van der Waals surface area contributed by atoms with E-state index in [2.05, 4.69) is 6.58 Å². The van der Waals surface area contributed by atoms with Gasteiger partial charge in [0.15, 0.2) is 0 Å². The molecule has 1 unspecified atom stereocenters. The minimum Gasteiger partial charge on any atom is -0.395 e. The molecule has 0 fully saturated rings. The van der Waals surface area contributed by atoms with Crippen LogP contribution < -0.4 is 5.73 Å². The molecule has 0 aliphatic carbocycles. The molecule has 0 saturated heterocycles. The molecule has 0 saturated carbocycles. The maximum absolute atomic E-state index is 8.60. The Hall–Kier alpha value is -0.340. The van der Waals surface area contributed by atoms with E-state index in [9.17, 15) is 0 Å². The average molecular weight is 157 g/mol. The monoisotopic (exact) mass is 157 g/mol. The first-order chi connectivity index (χ1) is 5.31. The Labute approximate surface area is 69.1 Å². The molecule has 0 aromatic rings. The molecule has 0 spiro atoms. The van der Waals surface area contributed by atoms with Crippen molar-refractivity contribution in [1.29, 1.82) is 0 Å². The van der Waals surface area contributed by atoms with E-state index in [1.807, 2.05) is 6.08 Å². The minimum atomic E-state index is -0.0151. The van der Waals surface area contributed by atoms with Gasteiger partial charge in [-0.15, -0.1) is 6.58 Å². The van der Waals surface area contributed by atoms with E-state index >= 15 is 0 Å². The number of aliphatic hydroxyl groups excluding tert-OH is 1. The highest BCUT2D eigenvalue weighted by atomic mass is 16.3. The summed E-state index contributed by atoms with van der Waals surface area (Å²) < 4.78 is 0. The van der Waals surface area contributed by atoms with Crippen LogP contribution in [0.3, 0.4) is 0 Å². The summed E-state index contributed by atoms with van der Waals surface area (Å²) in [6.07, 6.45) is 7.48. The van der Waals surface area contributed by atoms with Crippen molar-refractivity contribution in [3.63, 3.8) is 0 Å². The molecule has 0 heterocycles. The van der Waals surface area contributed by atoms with Crippen molar-refractivity contribution < 1.29 is 5.11 Å². The standard InChI is InChI=1S/C9H19NO/c1-2-3-4-5-6-7-9(10)8-11/h2,9,11H,1,3-8,10H2. The smallest absolute Gasteiger partial charge is 0.0582 e. The summed E-state index contributed by atoms with van der Waals surface area (Å²) in [6, 6.07) is -0.0151. The average Bonchev–Trinajstić information content (AvgIpc) is 2.04. The van der Waals surface area contributed by atoms with Crippen LogP contribution in [0.15, 0.2) is 12.7 Å². The maximum atomic E-state index is 8.60. The fraction of sp³-hybridized carbons (Fsp3) is 0.778. The van der Waals surface area contributed by atoms with Crippen molar-refractivity contribution in [2.45, 2.75) is 38.1 Å². The number of hydrogen-bond donors (Lipinski definition) is 2. The SMILES string of the molecule is C=CCCCCCC(N)CO. The lowest BCUT2D eigenvalue weighted by Gasteiger charge is -2.05. The summed E-state index contributed by atoms with van der Waals surface area (Å²) in [6.45, 7) is 3.76. The van der Waals surface area contributed by atoms with E-state index < -0.39 is 0 Å². The van der Waals surface area contributed by atoms with Crippen molar-refractivity contribution in [3.8, 4) is 0 Å². The number of nitrogens with two attached hydrogens (primary N) is 1. The molecule has 0 amide bonds. The second-order valence-electron chi connectivity index (χ2n) is 2.87. The van der Waals surface area contributed by atoms with Gasteiger partial charge in [-0.05, 0) is 19.3 Å². The Morgan fingerprint density at radius 1 is 1.36 bits per heavy atom. The first-order valence-corrected chi connectivity index (χ1v) is 4.28. The van der Waals surface area contributed by atoms with Crippen LogP contribution in [0.1, 0.15) is 32.1 Å².